The molecule has 0 amide bonds. The number of nitrogens with zero attached hydrogens (tertiary/aromatic N) is 3. The molecule has 1 aromatic carbocycles. The second kappa shape index (κ2) is 16.0. The van der Waals surface area contributed by atoms with E-state index >= 15 is 0 Å². The van der Waals surface area contributed by atoms with Gasteiger partial charge in [0, 0.05) is 32.1 Å². The molecule has 9 heteroatoms. The Morgan fingerprint density at radius 3 is 2.60 bits per heavy atom. The Balaban J connectivity index is 0.00000450. The Bertz CT molecular complexity index is 728. The van der Waals surface area contributed by atoms with Crippen LogP contribution in [0.3, 0.4) is 0 Å². The van der Waals surface area contributed by atoms with Crippen molar-refractivity contribution < 1.29 is 13.9 Å². The quantitative estimate of drug-likeness (QED) is 0.179. The normalized spacial score (nSPS) is 11.2. The third kappa shape index (κ3) is 9.86. The minimum absolute atomic E-state index is 0. The topological polar surface area (TPSA) is 72.7 Å². The van der Waals surface area contributed by atoms with Gasteiger partial charge >= 0.3 is 0 Å². The number of aromatic nitrogens is 2. The van der Waals surface area contributed by atoms with Gasteiger partial charge in [0.1, 0.15) is 5.82 Å². The average Bonchev–Trinajstić information content (AvgIpc) is 3.25. The Kier molecular flexibility index (Phi) is 14.1. The molecule has 1 heterocycles. The first-order valence-corrected chi connectivity index (χ1v) is 10.2. The monoisotopic (exact) mass is 533 g/mol. The van der Waals surface area contributed by atoms with E-state index in [4.69, 9.17) is 9.47 Å². The molecular formula is C21H33FIN5O2. The van der Waals surface area contributed by atoms with Crippen molar-refractivity contribution in [3.05, 3.63) is 48.3 Å². The van der Waals surface area contributed by atoms with Gasteiger partial charge in [-0.2, -0.15) is 0 Å². The summed E-state index contributed by atoms with van der Waals surface area (Å²) in [6.07, 6.45) is 7.12. The standard InChI is InChI=1S/C21H32FN5O2.HI/c1-3-5-11-28-13-14-29-12-9-25-21(24-4-2)26-16-18-6-7-20(19(22)15-18)27-10-8-23-17-27;/h6-8,10,15,17H,3-5,9,11-14,16H2,1-2H3,(H2,24,25,26);1H. The summed E-state index contributed by atoms with van der Waals surface area (Å²) < 4.78 is 27.0. The summed E-state index contributed by atoms with van der Waals surface area (Å²) in [5, 5.41) is 6.40. The fourth-order valence-corrected chi connectivity index (χ4v) is 2.58. The van der Waals surface area contributed by atoms with Gasteiger partial charge in [0.05, 0.1) is 38.4 Å². The van der Waals surface area contributed by atoms with E-state index in [1.54, 1.807) is 29.4 Å². The number of nitrogens with one attached hydrogen (secondary N) is 2. The van der Waals surface area contributed by atoms with Crippen molar-refractivity contribution in [3.63, 3.8) is 0 Å². The van der Waals surface area contributed by atoms with E-state index in [9.17, 15) is 4.39 Å². The minimum atomic E-state index is -0.303. The molecule has 0 atom stereocenters. The van der Waals surface area contributed by atoms with E-state index in [-0.39, 0.29) is 29.8 Å². The number of halogens is 2. The Hall–Kier alpha value is -1.72. The number of imidazole rings is 1. The number of ether oxygens (including phenoxy) is 2. The maximum Gasteiger partial charge on any atom is 0.191 e. The molecule has 0 aliphatic heterocycles. The predicted octanol–water partition coefficient (Wildman–Crippen LogP) is 3.52. The molecule has 7 nitrogen and oxygen atoms in total. The molecule has 2 aromatic rings. The van der Waals surface area contributed by atoms with Crippen LogP contribution in [0, 0.1) is 5.82 Å². The van der Waals surface area contributed by atoms with E-state index < -0.39 is 0 Å². The predicted molar refractivity (Wildman–Crippen MR) is 128 cm³/mol. The summed E-state index contributed by atoms with van der Waals surface area (Å²) >= 11 is 0. The van der Waals surface area contributed by atoms with E-state index in [0.29, 0.717) is 44.6 Å². The van der Waals surface area contributed by atoms with Crippen LogP contribution >= 0.6 is 24.0 Å². The molecule has 0 bridgehead atoms. The highest BCUT2D eigenvalue weighted by molar-refractivity contribution is 14.0. The van der Waals surface area contributed by atoms with Gasteiger partial charge in [0.15, 0.2) is 5.96 Å². The molecular weight excluding hydrogens is 500 g/mol. The summed E-state index contributed by atoms with van der Waals surface area (Å²) in [4.78, 5) is 8.46. The van der Waals surface area contributed by atoms with Crippen LogP contribution < -0.4 is 10.6 Å². The lowest BCUT2D eigenvalue weighted by Crippen LogP contribution is -2.39. The molecule has 0 saturated heterocycles. The number of benzene rings is 1. The zero-order valence-electron chi connectivity index (χ0n) is 17.8. The SMILES string of the molecule is CCCCOCCOCCNC(=NCc1ccc(-n2ccnc2)c(F)c1)NCC.I. The van der Waals surface area contributed by atoms with Crippen molar-refractivity contribution >= 4 is 29.9 Å². The highest BCUT2D eigenvalue weighted by atomic mass is 127. The van der Waals surface area contributed by atoms with Crippen LogP contribution in [0.15, 0.2) is 41.9 Å². The van der Waals surface area contributed by atoms with Gasteiger partial charge in [-0.3, -0.25) is 0 Å². The van der Waals surface area contributed by atoms with E-state index in [0.717, 1.165) is 31.6 Å². The zero-order chi connectivity index (χ0) is 20.7. The molecule has 0 radical (unpaired) electrons. The summed E-state index contributed by atoms with van der Waals surface area (Å²) in [7, 11) is 0. The molecule has 2 rings (SSSR count). The smallest absolute Gasteiger partial charge is 0.191 e. The lowest BCUT2D eigenvalue weighted by atomic mass is 10.2. The highest BCUT2D eigenvalue weighted by Crippen LogP contribution is 2.15. The van der Waals surface area contributed by atoms with E-state index in [2.05, 4.69) is 27.5 Å². The maximum atomic E-state index is 14.3. The number of unbranched alkanes of at least 4 members (excludes halogenated alkanes) is 1. The van der Waals surface area contributed by atoms with Crippen molar-refractivity contribution in [2.24, 2.45) is 4.99 Å². The molecule has 2 N–H and O–H groups in total. The molecule has 0 saturated carbocycles. The Labute approximate surface area is 195 Å². The van der Waals surface area contributed by atoms with Gasteiger partial charge in [-0.25, -0.2) is 14.4 Å². The van der Waals surface area contributed by atoms with Crippen LogP contribution in [-0.4, -0.2) is 55.0 Å². The third-order valence-corrected chi connectivity index (χ3v) is 4.11. The molecule has 30 heavy (non-hydrogen) atoms. The Morgan fingerprint density at radius 1 is 1.13 bits per heavy atom. The average molecular weight is 533 g/mol. The highest BCUT2D eigenvalue weighted by Gasteiger charge is 2.05. The van der Waals surface area contributed by atoms with Gasteiger partial charge in [0.2, 0.25) is 0 Å². The molecule has 0 spiro atoms. The number of hydrogen-bond donors (Lipinski definition) is 2. The molecule has 0 aliphatic rings. The summed E-state index contributed by atoms with van der Waals surface area (Å²) in [6.45, 7) is 8.46. The fourth-order valence-electron chi connectivity index (χ4n) is 2.58. The summed E-state index contributed by atoms with van der Waals surface area (Å²) in [5.41, 5.74) is 1.26. The van der Waals surface area contributed by atoms with Crippen LogP contribution in [0.1, 0.15) is 32.3 Å². The number of guanidine groups is 1. The van der Waals surface area contributed by atoms with Crippen molar-refractivity contribution in [3.8, 4) is 5.69 Å². The molecule has 168 valence electrons. The van der Waals surface area contributed by atoms with Gasteiger partial charge in [-0.1, -0.05) is 19.4 Å². The zero-order valence-corrected chi connectivity index (χ0v) is 20.1. The van der Waals surface area contributed by atoms with Crippen LogP contribution in [0.2, 0.25) is 0 Å². The Morgan fingerprint density at radius 2 is 1.93 bits per heavy atom. The molecule has 0 fully saturated rings. The number of aliphatic imine (C=N–C) groups is 1. The third-order valence-electron chi connectivity index (χ3n) is 4.11. The molecule has 0 unspecified atom stereocenters. The first-order chi connectivity index (χ1) is 14.2. The van der Waals surface area contributed by atoms with Crippen LogP contribution in [0.4, 0.5) is 4.39 Å². The largest absolute Gasteiger partial charge is 0.379 e. The lowest BCUT2D eigenvalue weighted by molar-refractivity contribution is 0.0487. The van der Waals surface area contributed by atoms with Crippen molar-refractivity contribution in [2.45, 2.75) is 33.2 Å². The van der Waals surface area contributed by atoms with Crippen molar-refractivity contribution in [1.82, 2.24) is 20.2 Å². The van der Waals surface area contributed by atoms with Crippen LogP contribution in [0.5, 0.6) is 0 Å². The number of hydrogen-bond acceptors (Lipinski definition) is 4. The second-order valence-electron chi connectivity index (χ2n) is 6.46. The maximum absolute atomic E-state index is 14.3. The van der Waals surface area contributed by atoms with Gasteiger partial charge < -0.3 is 24.7 Å². The second-order valence-corrected chi connectivity index (χ2v) is 6.46. The first-order valence-electron chi connectivity index (χ1n) is 10.2. The molecule has 1 aromatic heterocycles. The first kappa shape index (κ1) is 26.3. The number of rotatable bonds is 13. The van der Waals surface area contributed by atoms with Gasteiger partial charge in [-0.15, -0.1) is 24.0 Å². The minimum Gasteiger partial charge on any atom is -0.379 e. The van der Waals surface area contributed by atoms with Crippen LogP contribution in [-0.2, 0) is 16.0 Å². The molecule has 0 aliphatic carbocycles. The van der Waals surface area contributed by atoms with E-state index in [1.165, 1.54) is 6.07 Å². The summed E-state index contributed by atoms with van der Waals surface area (Å²) in [5.74, 6) is 0.373. The van der Waals surface area contributed by atoms with E-state index in [1.807, 2.05) is 13.0 Å². The lowest BCUT2D eigenvalue weighted by Gasteiger charge is -2.12. The van der Waals surface area contributed by atoms with Crippen molar-refractivity contribution in [2.75, 3.05) is 39.5 Å². The van der Waals surface area contributed by atoms with Gasteiger partial charge in [0.25, 0.3) is 0 Å². The summed E-state index contributed by atoms with van der Waals surface area (Å²) in [6, 6.07) is 5.11. The fraction of sp³-hybridized carbons (Fsp3) is 0.524. The van der Waals surface area contributed by atoms with Gasteiger partial charge in [-0.05, 0) is 31.0 Å². The van der Waals surface area contributed by atoms with Crippen LogP contribution in [0.25, 0.3) is 5.69 Å². The van der Waals surface area contributed by atoms with Crippen molar-refractivity contribution in [1.29, 1.82) is 0 Å².